The Balaban J connectivity index is 1.11. The van der Waals surface area contributed by atoms with Crippen molar-refractivity contribution in [1.82, 2.24) is 30.2 Å². The second-order valence-corrected chi connectivity index (χ2v) is 8.98. The van der Waals surface area contributed by atoms with E-state index in [9.17, 15) is 4.79 Å². The van der Waals surface area contributed by atoms with Gasteiger partial charge < -0.3 is 15.0 Å². The monoisotopic (exact) mass is 485 g/mol. The molecule has 0 saturated carbocycles. The summed E-state index contributed by atoms with van der Waals surface area (Å²) < 4.78 is 6.94. The van der Waals surface area contributed by atoms with Crippen molar-refractivity contribution in [3.05, 3.63) is 71.9 Å². The summed E-state index contributed by atoms with van der Waals surface area (Å²) in [5, 5.41) is 11.5. The Morgan fingerprint density at radius 2 is 1.86 bits per heavy atom. The first-order chi connectivity index (χ1) is 17.6. The molecule has 1 aliphatic heterocycles. The summed E-state index contributed by atoms with van der Waals surface area (Å²) in [7, 11) is 1.69. The highest BCUT2D eigenvalue weighted by molar-refractivity contribution is 5.95. The lowest BCUT2D eigenvalue weighted by molar-refractivity contribution is 0.0951. The van der Waals surface area contributed by atoms with Crippen LogP contribution in [0.2, 0.25) is 0 Å². The van der Waals surface area contributed by atoms with Gasteiger partial charge in [-0.05, 0) is 74.0 Å². The summed E-state index contributed by atoms with van der Waals surface area (Å²) in [5.74, 6) is 0.795. The van der Waals surface area contributed by atoms with Gasteiger partial charge in [-0.3, -0.25) is 9.69 Å². The number of amides is 1. The maximum absolute atomic E-state index is 12.8. The van der Waals surface area contributed by atoms with Gasteiger partial charge in [0.05, 0.1) is 12.8 Å². The van der Waals surface area contributed by atoms with E-state index in [-0.39, 0.29) is 5.91 Å². The average molecular weight is 486 g/mol. The number of fused-ring (bicyclic) bond motifs is 1. The summed E-state index contributed by atoms with van der Waals surface area (Å²) in [6.07, 6.45) is 2.62. The van der Waals surface area contributed by atoms with Gasteiger partial charge in [-0.15, -0.1) is 5.10 Å². The van der Waals surface area contributed by atoms with Crippen LogP contribution in [-0.4, -0.2) is 77.2 Å². The third-order valence-electron chi connectivity index (χ3n) is 6.65. The summed E-state index contributed by atoms with van der Waals surface area (Å²) in [4.78, 5) is 22.1. The highest BCUT2D eigenvalue weighted by Crippen LogP contribution is 2.21. The SMILES string of the molecule is COc1ccc(N2CCN(CCCNC(=O)c3ccc(C)c(-n4nnc5cccnc54)c3)CC2)cc1. The maximum atomic E-state index is 12.8. The third-order valence-corrected chi connectivity index (χ3v) is 6.65. The lowest BCUT2D eigenvalue weighted by Gasteiger charge is -2.36. The molecule has 3 heterocycles. The first-order valence-corrected chi connectivity index (χ1v) is 12.3. The molecule has 1 amide bonds. The first-order valence-electron chi connectivity index (χ1n) is 12.3. The number of pyridine rings is 1. The van der Waals surface area contributed by atoms with Crippen molar-refractivity contribution < 1.29 is 9.53 Å². The quantitative estimate of drug-likeness (QED) is 0.384. The topological polar surface area (TPSA) is 88.4 Å². The van der Waals surface area contributed by atoms with Gasteiger partial charge in [0, 0.05) is 50.2 Å². The Morgan fingerprint density at radius 1 is 1.06 bits per heavy atom. The second kappa shape index (κ2) is 10.7. The number of nitrogens with zero attached hydrogens (tertiary/aromatic N) is 6. The molecule has 1 fully saturated rings. The number of hydrogen-bond donors (Lipinski definition) is 1. The zero-order valence-electron chi connectivity index (χ0n) is 20.7. The zero-order chi connectivity index (χ0) is 24.9. The van der Waals surface area contributed by atoms with Crippen LogP contribution < -0.4 is 15.0 Å². The Bertz CT molecular complexity index is 1330. The first kappa shape index (κ1) is 23.7. The number of nitrogens with one attached hydrogen (secondary N) is 1. The number of methoxy groups -OCH3 is 1. The highest BCUT2D eigenvalue weighted by atomic mass is 16.5. The van der Waals surface area contributed by atoms with E-state index in [0.717, 1.165) is 61.7 Å². The minimum atomic E-state index is -0.0852. The zero-order valence-corrected chi connectivity index (χ0v) is 20.7. The molecule has 186 valence electrons. The number of ether oxygens (including phenoxy) is 1. The predicted molar refractivity (Wildman–Crippen MR) is 140 cm³/mol. The number of piperazine rings is 1. The molecule has 36 heavy (non-hydrogen) atoms. The lowest BCUT2D eigenvalue weighted by atomic mass is 10.1. The van der Waals surface area contributed by atoms with Crippen LogP contribution in [0.15, 0.2) is 60.8 Å². The van der Waals surface area contributed by atoms with Crippen LogP contribution in [0, 0.1) is 6.92 Å². The molecule has 0 unspecified atom stereocenters. The summed E-state index contributed by atoms with van der Waals surface area (Å²) >= 11 is 0. The van der Waals surface area contributed by atoms with Gasteiger partial charge in [0.15, 0.2) is 5.65 Å². The molecule has 0 atom stereocenters. The smallest absolute Gasteiger partial charge is 0.251 e. The summed E-state index contributed by atoms with van der Waals surface area (Å²) in [6.45, 7) is 7.61. The van der Waals surface area contributed by atoms with Gasteiger partial charge in [0.1, 0.15) is 11.3 Å². The Kier molecular flexibility index (Phi) is 7.08. The van der Waals surface area contributed by atoms with Gasteiger partial charge in [-0.2, -0.15) is 4.68 Å². The van der Waals surface area contributed by atoms with Crippen molar-refractivity contribution >= 4 is 22.8 Å². The molecule has 0 spiro atoms. The molecule has 9 nitrogen and oxygen atoms in total. The van der Waals surface area contributed by atoms with Gasteiger partial charge in [0.2, 0.25) is 0 Å². The standard InChI is InChI=1S/C27H31N7O2/c1-20-6-7-21(19-25(20)34-26-24(30-31-34)5-3-12-28-26)27(35)29-13-4-14-32-15-17-33(18-16-32)22-8-10-23(36-2)11-9-22/h3,5-12,19H,4,13-18H2,1-2H3,(H,29,35). The molecule has 2 aromatic carbocycles. The van der Waals surface area contributed by atoms with Crippen LogP contribution in [0.3, 0.4) is 0 Å². The van der Waals surface area contributed by atoms with Crippen molar-refractivity contribution in [2.24, 2.45) is 0 Å². The number of anilines is 1. The number of carbonyl (C=O) groups excluding carboxylic acids is 1. The fraction of sp³-hybridized carbons (Fsp3) is 0.333. The largest absolute Gasteiger partial charge is 0.497 e. The summed E-state index contributed by atoms with van der Waals surface area (Å²) in [5.41, 5.74) is 5.02. The van der Waals surface area contributed by atoms with Crippen LogP contribution in [0.25, 0.3) is 16.9 Å². The molecule has 1 N–H and O–H groups in total. The Labute approximate surface area is 210 Å². The molecule has 0 radical (unpaired) electrons. The van der Waals surface area contributed by atoms with Crippen LogP contribution >= 0.6 is 0 Å². The lowest BCUT2D eigenvalue weighted by Crippen LogP contribution is -2.47. The van der Waals surface area contributed by atoms with Gasteiger partial charge >= 0.3 is 0 Å². The molecule has 0 bridgehead atoms. The Hall–Kier alpha value is -3.98. The van der Waals surface area contributed by atoms with Crippen LogP contribution in [0.1, 0.15) is 22.3 Å². The summed E-state index contributed by atoms with van der Waals surface area (Å²) in [6, 6.07) is 17.6. The molecule has 1 saturated heterocycles. The number of carbonyl (C=O) groups is 1. The van der Waals surface area contributed by atoms with Crippen molar-refractivity contribution in [2.75, 3.05) is 51.3 Å². The van der Waals surface area contributed by atoms with E-state index in [1.807, 2.05) is 49.4 Å². The maximum Gasteiger partial charge on any atom is 0.251 e. The fourth-order valence-corrected chi connectivity index (χ4v) is 4.54. The third kappa shape index (κ3) is 5.16. The molecule has 4 aromatic rings. The molecule has 5 rings (SSSR count). The minimum Gasteiger partial charge on any atom is -0.497 e. The molecule has 9 heteroatoms. The number of benzene rings is 2. The number of hydrogen-bond acceptors (Lipinski definition) is 7. The van der Waals surface area contributed by atoms with Gasteiger partial charge in [-0.1, -0.05) is 11.3 Å². The minimum absolute atomic E-state index is 0.0852. The molecule has 2 aromatic heterocycles. The van der Waals surface area contributed by atoms with E-state index in [1.54, 1.807) is 18.0 Å². The van der Waals surface area contributed by atoms with Crippen molar-refractivity contribution in [3.8, 4) is 11.4 Å². The van der Waals surface area contributed by atoms with Crippen LogP contribution in [0.4, 0.5) is 5.69 Å². The number of rotatable bonds is 8. The van der Waals surface area contributed by atoms with Crippen molar-refractivity contribution in [3.63, 3.8) is 0 Å². The van der Waals surface area contributed by atoms with Crippen LogP contribution in [-0.2, 0) is 0 Å². The van der Waals surface area contributed by atoms with Crippen molar-refractivity contribution in [1.29, 1.82) is 0 Å². The van der Waals surface area contributed by atoms with E-state index in [1.165, 1.54) is 5.69 Å². The normalized spacial score (nSPS) is 14.2. The number of aromatic nitrogens is 4. The van der Waals surface area contributed by atoms with E-state index in [2.05, 4.69) is 42.5 Å². The van der Waals surface area contributed by atoms with Gasteiger partial charge in [0.25, 0.3) is 5.91 Å². The van der Waals surface area contributed by atoms with Gasteiger partial charge in [-0.25, -0.2) is 4.98 Å². The fourth-order valence-electron chi connectivity index (χ4n) is 4.54. The molecule has 1 aliphatic rings. The second-order valence-electron chi connectivity index (χ2n) is 8.98. The Morgan fingerprint density at radius 3 is 2.64 bits per heavy atom. The molecular formula is C27H31N7O2. The van der Waals surface area contributed by atoms with E-state index in [0.29, 0.717) is 17.8 Å². The van der Waals surface area contributed by atoms with E-state index < -0.39 is 0 Å². The van der Waals surface area contributed by atoms with Crippen molar-refractivity contribution in [2.45, 2.75) is 13.3 Å². The van der Waals surface area contributed by atoms with E-state index >= 15 is 0 Å². The average Bonchev–Trinajstić information content (AvgIpc) is 3.36. The molecular weight excluding hydrogens is 454 g/mol. The van der Waals surface area contributed by atoms with E-state index in [4.69, 9.17) is 4.74 Å². The van der Waals surface area contributed by atoms with Crippen LogP contribution in [0.5, 0.6) is 5.75 Å². The molecule has 0 aliphatic carbocycles. The number of aryl methyl sites for hydroxylation is 1. The highest BCUT2D eigenvalue weighted by Gasteiger charge is 2.17. The predicted octanol–water partition coefficient (Wildman–Crippen LogP) is 3.07.